The molecule has 21 heavy (non-hydrogen) atoms. The molecular formula is C14H15NO4S2. The molecule has 2 aromatic rings. The Kier molecular flexibility index (Phi) is 4.46. The Labute approximate surface area is 127 Å². The lowest BCUT2D eigenvalue weighted by molar-refractivity contribution is 0.0697. The highest BCUT2D eigenvalue weighted by Crippen LogP contribution is 2.24. The molecule has 0 saturated heterocycles. The predicted octanol–water partition coefficient (Wildman–Crippen LogP) is 2.58. The third-order valence-corrected chi connectivity index (χ3v) is 6.23. The van der Waals surface area contributed by atoms with Crippen molar-refractivity contribution in [1.82, 2.24) is 4.31 Å². The third-order valence-electron chi connectivity index (χ3n) is 3.01. The second-order valence-corrected chi connectivity index (χ2v) is 7.89. The van der Waals surface area contributed by atoms with E-state index in [9.17, 15) is 13.2 Å². The molecule has 0 aliphatic rings. The van der Waals surface area contributed by atoms with E-state index in [1.54, 1.807) is 0 Å². The van der Waals surface area contributed by atoms with Crippen molar-refractivity contribution in [3.63, 3.8) is 0 Å². The van der Waals surface area contributed by atoms with Crippen LogP contribution in [0.15, 0.2) is 39.9 Å². The van der Waals surface area contributed by atoms with Crippen LogP contribution in [0.25, 0.3) is 0 Å². The van der Waals surface area contributed by atoms with E-state index in [0.29, 0.717) is 0 Å². The van der Waals surface area contributed by atoms with Crippen LogP contribution in [0.5, 0.6) is 0 Å². The number of hydrogen-bond donors (Lipinski definition) is 1. The Hall–Kier alpha value is -1.70. The fourth-order valence-electron chi connectivity index (χ4n) is 1.75. The Bertz CT molecular complexity index is 748. The summed E-state index contributed by atoms with van der Waals surface area (Å²) in [6, 6.07) is 8.78. The number of hydrogen-bond acceptors (Lipinski definition) is 4. The van der Waals surface area contributed by atoms with Crippen LogP contribution in [0.4, 0.5) is 0 Å². The molecule has 0 atom stereocenters. The van der Waals surface area contributed by atoms with Crippen LogP contribution in [-0.2, 0) is 16.6 Å². The fraction of sp³-hybridized carbons (Fsp3) is 0.214. The number of carboxylic acid groups (broad SMARTS) is 1. The zero-order valence-corrected chi connectivity index (χ0v) is 13.2. The maximum Gasteiger partial charge on any atom is 0.336 e. The Morgan fingerprint density at radius 2 is 1.90 bits per heavy atom. The molecule has 0 fully saturated rings. The lowest BCUT2D eigenvalue weighted by Crippen LogP contribution is -2.25. The normalized spacial score (nSPS) is 11.8. The summed E-state index contributed by atoms with van der Waals surface area (Å²) >= 11 is 0.916. The molecule has 2 rings (SSSR count). The summed E-state index contributed by atoms with van der Waals surface area (Å²) in [6.07, 6.45) is 0. The molecule has 1 heterocycles. The quantitative estimate of drug-likeness (QED) is 0.917. The smallest absolute Gasteiger partial charge is 0.336 e. The second kappa shape index (κ2) is 5.97. The Morgan fingerprint density at radius 1 is 1.29 bits per heavy atom. The average Bonchev–Trinajstić information content (AvgIpc) is 2.91. The minimum atomic E-state index is -3.67. The topological polar surface area (TPSA) is 74.7 Å². The van der Waals surface area contributed by atoms with Gasteiger partial charge in [0.1, 0.15) is 4.21 Å². The molecule has 0 saturated carbocycles. The number of nitrogens with zero attached hydrogens (tertiary/aromatic N) is 1. The van der Waals surface area contributed by atoms with Crippen LogP contribution in [0, 0.1) is 6.92 Å². The third kappa shape index (κ3) is 3.49. The molecule has 0 aliphatic heterocycles. The van der Waals surface area contributed by atoms with Crippen LogP contribution in [0.1, 0.15) is 21.5 Å². The highest BCUT2D eigenvalue weighted by Gasteiger charge is 2.24. The Balaban J connectivity index is 2.21. The van der Waals surface area contributed by atoms with Crippen molar-refractivity contribution < 1.29 is 18.3 Å². The van der Waals surface area contributed by atoms with Crippen LogP contribution in [0.2, 0.25) is 0 Å². The van der Waals surface area contributed by atoms with Crippen molar-refractivity contribution >= 4 is 27.3 Å². The van der Waals surface area contributed by atoms with Gasteiger partial charge in [-0.05, 0) is 18.6 Å². The summed E-state index contributed by atoms with van der Waals surface area (Å²) < 4.78 is 26.0. The van der Waals surface area contributed by atoms with Crippen molar-refractivity contribution in [2.24, 2.45) is 0 Å². The number of carboxylic acids is 1. The molecule has 0 spiro atoms. The van der Waals surface area contributed by atoms with Gasteiger partial charge in [-0.1, -0.05) is 29.8 Å². The summed E-state index contributed by atoms with van der Waals surface area (Å²) in [6.45, 7) is 2.20. The summed E-state index contributed by atoms with van der Waals surface area (Å²) in [5, 5.41) is 10.2. The van der Waals surface area contributed by atoms with Gasteiger partial charge in [0.2, 0.25) is 0 Å². The molecule has 5 nitrogen and oxygen atoms in total. The molecule has 0 unspecified atom stereocenters. The van der Waals surface area contributed by atoms with E-state index in [-0.39, 0.29) is 16.3 Å². The average molecular weight is 325 g/mol. The van der Waals surface area contributed by atoms with Gasteiger partial charge in [-0.3, -0.25) is 0 Å². The first-order valence-corrected chi connectivity index (χ1v) is 8.46. The lowest BCUT2D eigenvalue weighted by atomic mass is 10.1. The largest absolute Gasteiger partial charge is 0.478 e. The van der Waals surface area contributed by atoms with Crippen molar-refractivity contribution in [2.45, 2.75) is 17.7 Å². The van der Waals surface area contributed by atoms with Crippen molar-refractivity contribution in [3.8, 4) is 0 Å². The van der Waals surface area contributed by atoms with Crippen LogP contribution >= 0.6 is 11.3 Å². The van der Waals surface area contributed by atoms with E-state index in [0.717, 1.165) is 22.5 Å². The maximum absolute atomic E-state index is 12.4. The highest BCUT2D eigenvalue weighted by molar-refractivity contribution is 7.91. The number of carbonyl (C=O) groups is 1. The summed E-state index contributed by atoms with van der Waals surface area (Å²) in [5.74, 6) is -1.13. The minimum absolute atomic E-state index is 0.0117. The molecule has 0 aliphatic carbocycles. The van der Waals surface area contributed by atoms with Crippen LogP contribution in [0.3, 0.4) is 0 Å². The molecule has 7 heteroatoms. The van der Waals surface area contributed by atoms with Gasteiger partial charge < -0.3 is 5.11 Å². The summed E-state index contributed by atoms with van der Waals surface area (Å²) in [5.41, 5.74) is 1.97. The monoisotopic (exact) mass is 325 g/mol. The molecule has 112 valence electrons. The zero-order valence-electron chi connectivity index (χ0n) is 11.6. The molecule has 1 aromatic carbocycles. The molecule has 0 amide bonds. The van der Waals surface area contributed by atoms with Gasteiger partial charge >= 0.3 is 5.97 Å². The zero-order chi connectivity index (χ0) is 15.6. The first-order valence-electron chi connectivity index (χ1n) is 6.14. The molecule has 0 bridgehead atoms. The molecular weight excluding hydrogens is 310 g/mol. The Morgan fingerprint density at radius 3 is 2.43 bits per heavy atom. The van der Waals surface area contributed by atoms with Gasteiger partial charge in [-0.15, -0.1) is 11.3 Å². The fourth-order valence-corrected chi connectivity index (χ4v) is 4.27. The van der Waals surface area contributed by atoms with Gasteiger partial charge in [0, 0.05) is 19.0 Å². The second-order valence-electron chi connectivity index (χ2n) is 4.71. The highest BCUT2D eigenvalue weighted by atomic mass is 32.2. The van der Waals surface area contributed by atoms with E-state index in [1.807, 2.05) is 31.2 Å². The molecule has 1 N–H and O–H groups in total. The number of aromatic carboxylic acids is 1. The SMILES string of the molecule is Cc1ccc(CN(C)S(=O)(=O)c2cc(C(=O)O)cs2)cc1. The standard InChI is InChI=1S/C14H15NO4S2/c1-10-3-5-11(6-4-10)8-15(2)21(18,19)13-7-12(9-20-13)14(16)17/h3-7,9H,8H2,1-2H3,(H,16,17). The maximum atomic E-state index is 12.4. The van der Waals surface area contributed by atoms with Crippen LogP contribution < -0.4 is 0 Å². The van der Waals surface area contributed by atoms with E-state index in [4.69, 9.17) is 5.11 Å². The number of aryl methyl sites for hydroxylation is 1. The summed E-state index contributed by atoms with van der Waals surface area (Å²) in [7, 11) is -2.19. The van der Waals surface area contributed by atoms with E-state index in [2.05, 4.69) is 0 Å². The van der Waals surface area contributed by atoms with Gasteiger partial charge in [0.05, 0.1) is 5.56 Å². The lowest BCUT2D eigenvalue weighted by Gasteiger charge is -2.16. The number of benzene rings is 1. The number of sulfonamides is 1. The van der Waals surface area contributed by atoms with E-state index >= 15 is 0 Å². The van der Waals surface area contributed by atoms with Crippen LogP contribution in [-0.4, -0.2) is 30.8 Å². The summed E-state index contributed by atoms with van der Waals surface area (Å²) in [4.78, 5) is 10.8. The minimum Gasteiger partial charge on any atom is -0.478 e. The van der Waals surface area contributed by atoms with Crippen molar-refractivity contribution in [1.29, 1.82) is 0 Å². The number of rotatable bonds is 5. The van der Waals surface area contributed by atoms with E-state index in [1.165, 1.54) is 22.8 Å². The molecule has 1 aromatic heterocycles. The molecule has 0 radical (unpaired) electrons. The van der Waals surface area contributed by atoms with Crippen molar-refractivity contribution in [3.05, 3.63) is 52.4 Å². The van der Waals surface area contributed by atoms with E-state index < -0.39 is 16.0 Å². The number of thiophene rings is 1. The van der Waals surface area contributed by atoms with Gasteiger partial charge in [0.25, 0.3) is 10.0 Å². The first-order chi connectivity index (χ1) is 9.80. The first kappa shape index (κ1) is 15.7. The predicted molar refractivity (Wildman–Crippen MR) is 81.1 cm³/mol. The van der Waals surface area contributed by atoms with Crippen molar-refractivity contribution in [2.75, 3.05) is 7.05 Å². The van der Waals surface area contributed by atoms with Gasteiger partial charge in [-0.2, -0.15) is 4.31 Å². The van der Waals surface area contributed by atoms with Gasteiger partial charge in [0.15, 0.2) is 0 Å². The van der Waals surface area contributed by atoms with Gasteiger partial charge in [-0.25, -0.2) is 13.2 Å².